The van der Waals surface area contributed by atoms with Gasteiger partial charge in [-0.05, 0) is 41.8 Å². The highest BCUT2D eigenvalue weighted by atomic mass is 16.5. The molecule has 3 rings (SSSR count). The number of hydrogen-bond acceptors (Lipinski definition) is 4. The van der Waals surface area contributed by atoms with Crippen molar-refractivity contribution in [3.8, 4) is 5.75 Å². The molecule has 0 aliphatic carbocycles. The fraction of sp³-hybridized carbons (Fsp3) is 0.231. The zero-order chi connectivity index (χ0) is 22.8. The van der Waals surface area contributed by atoms with Gasteiger partial charge in [-0.1, -0.05) is 54.6 Å². The molecule has 0 saturated heterocycles. The molecule has 0 heterocycles. The lowest BCUT2D eigenvalue weighted by molar-refractivity contribution is -0.128. The van der Waals surface area contributed by atoms with E-state index in [1.54, 1.807) is 19.0 Å². The molecule has 3 aromatic carbocycles. The minimum atomic E-state index is -0.172. The summed E-state index contributed by atoms with van der Waals surface area (Å²) in [5, 5.41) is 6.05. The number of benzene rings is 3. The van der Waals surface area contributed by atoms with E-state index in [-0.39, 0.29) is 18.4 Å². The standard InChI is InChI=1S/C26H29N3O3/c1-29(2)26(31)16-15-20-11-8-12-22(17-20)27-18-25(30)28-23-13-6-7-14-24(23)32-19-21-9-4-3-5-10-21/h3-14,17,27H,15-16,18-19H2,1-2H3,(H,28,30). The first kappa shape index (κ1) is 22.9. The van der Waals surface area contributed by atoms with E-state index in [0.717, 1.165) is 16.8 Å². The van der Waals surface area contributed by atoms with Crippen molar-refractivity contribution in [1.82, 2.24) is 4.90 Å². The first-order valence-corrected chi connectivity index (χ1v) is 10.6. The van der Waals surface area contributed by atoms with Crippen LogP contribution in [0.5, 0.6) is 5.75 Å². The van der Waals surface area contributed by atoms with Crippen molar-refractivity contribution in [3.63, 3.8) is 0 Å². The molecule has 6 nitrogen and oxygen atoms in total. The van der Waals surface area contributed by atoms with E-state index in [1.807, 2.05) is 78.9 Å². The highest BCUT2D eigenvalue weighted by molar-refractivity contribution is 5.95. The minimum absolute atomic E-state index is 0.0934. The molecule has 0 aliphatic rings. The quantitative estimate of drug-likeness (QED) is 0.501. The van der Waals surface area contributed by atoms with Crippen LogP contribution in [0.1, 0.15) is 17.5 Å². The number of ether oxygens (including phenoxy) is 1. The van der Waals surface area contributed by atoms with Crippen molar-refractivity contribution in [2.24, 2.45) is 0 Å². The number of rotatable bonds is 10. The van der Waals surface area contributed by atoms with Crippen molar-refractivity contribution in [3.05, 3.63) is 90.0 Å². The maximum Gasteiger partial charge on any atom is 0.243 e. The van der Waals surface area contributed by atoms with Crippen LogP contribution in [0.25, 0.3) is 0 Å². The second-order valence-electron chi connectivity index (χ2n) is 7.66. The summed E-state index contributed by atoms with van der Waals surface area (Å²) in [6, 6.07) is 25.0. The molecule has 166 valence electrons. The third kappa shape index (κ3) is 7.16. The van der Waals surface area contributed by atoms with Gasteiger partial charge in [0.15, 0.2) is 0 Å². The number of carbonyl (C=O) groups excluding carboxylic acids is 2. The van der Waals surface area contributed by atoms with Gasteiger partial charge in [-0.2, -0.15) is 0 Å². The van der Waals surface area contributed by atoms with Gasteiger partial charge in [0.1, 0.15) is 12.4 Å². The van der Waals surface area contributed by atoms with Gasteiger partial charge in [0.05, 0.1) is 12.2 Å². The molecule has 0 fully saturated rings. The third-order valence-electron chi connectivity index (χ3n) is 4.90. The molecule has 0 bridgehead atoms. The van der Waals surface area contributed by atoms with E-state index in [9.17, 15) is 9.59 Å². The lowest BCUT2D eigenvalue weighted by atomic mass is 10.1. The first-order valence-electron chi connectivity index (χ1n) is 10.6. The van der Waals surface area contributed by atoms with Crippen LogP contribution >= 0.6 is 0 Å². The molecule has 0 unspecified atom stereocenters. The monoisotopic (exact) mass is 431 g/mol. The number of para-hydroxylation sites is 2. The van der Waals surface area contributed by atoms with Gasteiger partial charge < -0.3 is 20.3 Å². The summed E-state index contributed by atoms with van der Waals surface area (Å²) < 4.78 is 5.90. The Balaban J connectivity index is 1.52. The first-order chi connectivity index (χ1) is 15.5. The van der Waals surface area contributed by atoms with E-state index in [0.29, 0.717) is 30.9 Å². The number of hydrogen-bond donors (Lipinski definition) is 2. The predicted octanol–water partition coefficient (Wildman–Crippen LogP) is 4.34. The van der Waals surface area contributed by atoms with Crippen molar-refractivity contribution in [1.29, 1.82) is 0 Å². The number of nitrogens with one attached hydrogen (secondary N) is 2. The third-order valence-corrected chi connectivity index (χ3v) is 4.90. The van der Waals surface area contributed by atoms with E-state index < -0.39 is 0 Å². The SMILES string of the molecule is CN(C)C(=O)CCc1cccc(NCC(=O)Nc2ccccc2OCc2ccccc2)c1. The highest BCUT2D eigenvalue weighted by Crippen LogP contribution is 2.24. The van der Waals surface area contributed by atoms with E-state index in [4.69, 9.17) is 4.74 Å². The van der Waals surface area contributed by atoms with Crippen LogP contribution in [-0.4, -0.2) is 37.4 Å². The highest BCUT2D eigenvalue weighted by Gasteiger charge is 2.09. The van der Waals surface area contributed by atoms with Gasteiger partial charge in [0.2, 0.25) is 11.8 Å². The minimum Gasteiger partial charge on any atom is -0.487 e. The lowest BCUT2D eigenvalue weighted by Gasteiger charge is -2.13. The summed E-state index contributed by atoms with van der Waals surface area (Å²) in [5.41, 5.74) is 3.57. The molecule has 3 aromatic rings. The van der Waals surface area contributed by atoms with Crippen LogP contribution in [0.3, 0.4) is 0 Å². The average Bonchev–Trinajstić information content (AvgIpc) is 2.81. The predicted molar refractivity (Wildman–Crippen MR) is 128 cm³/mol. The molecule has 0 aromatic heterocycles. The van der Waals surface area contributed by atoms with E-state index in [2.05, 4.69) is 10.6 Å². The number of amides is 2. The summed E-state index contributed by atoms with van der Waals surface area (Å²) in [5.74, 6) is 0.544. The van der Waals surface area contributed by atoms with Gasteiger partial charge in [-0.15, -0.1) is 0 Å². The lowest BCUT2D eigenvalue weighted by Crippen LogP contribution is -2.22. The Kier molecular flexibility index (Phi) is 8.26. The molecule has 32 heavy (non-hydrogen) atoms. The maximum absolute atomic E-state index is 12.5. The summed E-state index contributed by atoms with van der Waals surface area (Å²) in [4.78, 5) is 25.9. The molecular formula is C26H29N3O3. The molecule has 2 amide bonds. The molecule has 2 N–H and O–H groups in total. The van der Waals surface area contributed by atoms with Crippen molar-refractivity contribution in [2.45, 2.75) is 19.4 Å². The second-order valence-corrected chi connectivity index (χ2v) is 7.66. The van der Waals surface area contributed by atoms with Crippen LogP contribution in [0.2, 0.25) is 0 Å². The van der Waals surface area contributed by atoms with Crippen LogP contribution < -0.4 is 15.4 Å². The zero-order valence-corrected chi connectivity index (χ0v) is 18.5. The molecule has 0 saturated carbocycles. The molecule has 0 atom stereocenters. The van der Waals surface area contributed by atoms with Gasteiger partial charge >= 0.3 is 0 Å². The zero-order valence-electron chi connectivity index (χ0n) is 18.5. The van der Waals surface area contributed by atoms with E-state index in [1.165, 1.54) is 0 Å². The maximum atomic E-state index is 12.5. The van der Waals surface area contributed by atoms with Gasteiger partial charge in [0.25, 0.3) is 0 Å². The molecule has 0 aliphatic heterocycles. The fourth-order valence-corrected chi connectivity index (χ4v) is 3.12. The van der Waals surface area contributed by atoms with Crippen molar-refractivity contribution < 1.29 is 14.3 Å². The number of aryl methyl sites for hydroxylation is 1. The Morgan fingerprint density at radius 1 is 0.875 bits per heavy atom. The van der Waals surface area contributed by atoms with Crippen molar-refractivity contribution in [2.75, 3.05) is 31.3 Å². The van der Waals surface area contributed by atoms with Gasteiger partial charge in [-0.25, -0.2) is 0 Å². The van der Waals surface area contributed by atoms with Crippen molar-refractivity contribution >= 4 is 23.2 Å². The summed E-state index contributed by atoms with van der Waals surface area (Å²) in [7, 11) is 3.51. The van der Waals surface area contributed by atoms with Crippen LogP contribution in [0, 0.1) is 0 Å². The molecule has 0 radical (unpaired) electrons. The largest absolute Gasteiger partial charge is 0.487 e. The molecular weight excluding hydrogens is 402 g/mol. The summed E-state index contributed by atoms with van der Waals surface area (Å²) >= 11 is 0. The Labute approximate surface area is 189 Å². The number of nitrogens with zero attached hydrogens (tertiary/aromatic N) is 1. The Hall–Kier alpha value is -3.80. The summed E-state index contributed by atoms with van der Waals surface area (Å²) in [6.07, 6.45) is 1.11. The topological polar surface area (TPSA) is 70.7 Å². The second kappa shape index (κ2) is 11.6. The van der Waals surface area contributed by atoms with Crippen LogP contribution in [-0.2, 0) is 22.6 Å². The smallest absolute Gasteiger partial charge is 0.243 e. The fourth-order valence-electron chi connectivity index (χ4n) is 3.12. The van der Waals surface area contributed by atoms with Crippen LogP contribution in [0.15, 0.2) is 78.9 Å². The Bertz CT molecular complexity index is 1040. The van der Waals surface area contributed by atoms with Gasteiger partial charge in [0, 0.05) is 26.2 Å². The number of anilines is 2. The summed E-state index contributed by atoms with van der Waals surface area (Å²) in [6.45, 7) is 0.544. The van der Waals surface area contributed by atoms with Gasteiger partial charge in [-0.3, -0.25) is 9.59 Å². The normalized spacial score (nSPS) is 10.3. The molecule has 0 spiro atoms. The Morgan fingerprint density at radius 3 is 2.38 bits per heavy atom. The number of carbonyl (C=O) groups is 2. The van der Waals surface area contributed by atoms with Crippen LogP contribution in [0.4, 0.5) is 11.4 Å². The Morgan fingerprint density at radius 2 is 1.59 bits per heavy atom. The molecule has 6 heteroatoms. The average molecular weight is 432 g/mol. The van der Waals surface area contributed by atoms with E-state index >= 15 is 0 Å².